The zero-order valence-electron chi connectivity index (χ0n) is 11.0. The molecule has 0 saturated heterocycles. The number of nitrogens with one attached hydrogen (secondary N) is 1. The molecule has 0 aliphatic carbocycles. The van der Waals surface area contributed by atoms with E-state index in [1.165, 1.54) is 0 Å². The molecule has 0 bridgehead atoms. The van der Waals surface area contributed by atoms with Gasteiger partial charge in [-0.1, -0.05) is 6.92 Å². The van der Waals surface area contributed by atoms with Gasteiger partial charge in [0.05, 0.1) is 25.2 Å². The van der Waals surface area contributed by atoms with Gasteiger partial charge in [-0.15, -0.1) is 0 Å². The Labute approximate surface area is 110 Å². The highest BCUT2D eigenvalue weighted by atomic mass is 19.4. The number of carbonyl (C=O) groups excluding carboxylic acids is 1. The van der Waals surface area contributed by atoms with Gasteiger partial charge < -0.3 is 5.32 Å². The van der Waals surface area contributed by atoms with Gasteiger partial charge in [-0.3, -0.25) is 9.48 Å². The predicted octanol–water partition coefficient (Wildman–Crippen LogP) is 2.12. The first-order chi connectivity index (χ1) is 8.81. The molecule has 0 fully saturated rings. The molecule has 0 aromatic carbocycles. The molecule has 108 valence electrons. The Balaban J connectivity index is 2.38. The van der Waals surface area contributed by atoms with E-state index in [9.17, 15) is 18.0 Å². The molecule has 1 aromatic rings. The van der Waals surface area contributed by atoms with Crippen molar-refractivity contribution in [2.75, 3.05) is 13.1 Å². The van der Waals surface area contributed by atoms with Gasteiger partial charge in [-0.2, -0.15) is 18.3 Å². The monoisotopic (exact) mass is 277 g/mol. The van der Waals surface area contributed by atoms with E-state index in [-0.39, 0.29) is 24.8 Å². The summed E-state index contributed by atoms with van der Waals surface area (Å²) in [5.74, 6) is -0.307. The minimum Gasteiger partial charge on any atom is -0.302 e. The van der Waals surface area contributed by atoms with E-state index in [1.807, 2.05) is 13.8 Å². The van der Waals surface area contributed by atoms with E-state index < -0.39 is 12.7 Å². The summed E-state index contributed by atoms with van der Waals surface area (Å²) in [5.41, 5.74) is 0.583. The fourth-order valence-corrected chi connectivity index (χ4v) is 1.51. The van der Waals surface area contributed by atoms with Crippen molar-refractivity contribution in [2.24, 2.45) is 0 Å². The molecule has 0 aliphatic heterocycles. The number of carbonyl (C=O) groups is 1. The summed E-state index contributed by atoms with van der Waals surface area (Å²) in [6.45, 7) is 2.58. The lowest BCUT2D eigenvalue weighted by Gasteiger charge is -2.08. The average Bonchev–Trinajstić information content (AvgIpc) is 2.74. The highest BCUT2D eigenvalue weighted by Gasteiger charge is 2.26. The SMILES string of the molecule is CCC(C)n1ccc(CC(=O)CNCC(F)(F)F)n1. The van der Waals surface area contributed by atoms with Crippen LogP contribution < -0.4 is 5.32 Å². The zero-order valence-corrected chi connectivity index (χ0v) is 11.0. The molecule has 1 heterocycles. The number of Topliss-reactive ketones (excluding diaryl/α,β-unsaturated/α-hetero) is 1. The van der Waals surface area contributed by atoms with Gasteiger partial charge in [0, 0.05) is 12.2 Å². The highest BCUT2D eigenvalue weighted by molar-refractivity contribution is 5.82. The van der Waals surface area contributed by atoms with E-state index >= 15 is 0 Å². The van der Waals surface area contributed by atoms with Crippen LogP contribution in [0, 0.1) is 0 Å². The van der Waals surface area contributed by atoms with Gasteiger partial charge in [0.25, 0.3) is 0 Å². The van der Waals surface area contributed by atoms with Crippen LogP contribution in [0.2, 0.25) is 0 Å². The molecule has 1 rings (SSSR count). The van der Waals surface area contributed by atoms with E-state index in [4.69, 9.17) is 0 Å². The third-order valence-electron chi connectivity index (χ3n) is 2.73. The lowest BCUT2D eigenvalue weighted by molar-refractivity contribution is -0.127. The molecule has 0 radical (unpaired) electrons. The zero-order chi connectivity index (χ0) is 14.5. The number of aromatic nitrogens is 2. The second-order valence-corrected chi connectivity index (χ2v) is 4.48. The van der Waals surface area contributed by atoms with Gasteiger partial charge in [0.2, 0.25) is 0 Å². The van der Waals surface area contributed by atoms with E-state index in [1.54, 1.807) is 16.9 Å². The maximum atomic E-state index is 11.9. The fourth-order valence-electron chi connectivity index (χ4n) is 1.51. The van der Waals surface area contributed by atoms with Crippen molar-refractivity contribution in [2.45, 2.75) is 38.9 Å². The molecular formula is C12H18F3N3O. The Morgan fingerprint density at radius 1 is 1.53 bits per heavy atom. The van der Waals surface area contributed by atoms with Crippen LogP contribution >= 0.6 is 0 Å². The maximum Gasteiger partial charge on any atom is 0.401 e. The second kappa shape index (κ2) is 6.70. The number of rotatable bonds is 7. The van der Waals surface area contributed by atoms with Crippen molar-refractivity contribution < 1.29 is 18.0 Å². The standard InChI is InChI=1S/C12H18F3N3O/c1-3-9(2)18-5-4-10(17-18)6-11(19)7-16-8-12(13,14)15/h4-5,9,16H,3,6-8H2,1-2H3. The Hall–Kier alpha value is -1.37. The summed E-state index contributed by atoms with van der Waals surface area (Å²) >= 11 is 0. The van der Waals surface area contributed by atoms with Crippen molar-refractivity contribution in [1.82, 2.24) is 15.1 Å². The smallest absolute Gasteiger partial charge is 0.302 e. The number of alkyl halides is 3. The summed E-state index contributed by atoms with van der Waals surface area (Å²) < 4.78 is 37.4. The van der Waals surface area contributed by atoms with Gasteiger partial charge in [-0.05, 0) is 19.4 Å². The lowest BCUT2D eigenvalue weighted by atomic mass is 10.2. The molecule has 1 unspecified atom stereocenters. The number of hydrogen-bond acceptors (Lipinski definition) is 3. The van der Waals surface area contributed by atoms with Crippen LogP contribution in [0.5, 0.6) is 0 Å². The van der Waals surface area contributed by atoms with Crippen LogP contribution in [0.15, 0.2) is 12.3 Å². The topological polar surface area (TPSA) is 46.9 Å². The van der Waals surface area contributed by atoms with Crippen molar-refractivity contribution >= 4 is 5.78 Å². The average molecular weight is 277 g/mol. The van der Waals surface area contributed by atoms with Crippen molar-refractivity contribution in [3.63, 3.8) is 0 Å². The van der Waals surface area contributed by atoms with Crippen LogP contribution in [0.3, 0.4) is 0 Å². The summed E-state index contributed by atoms with van der Waals surface area (Å²) in [6, 6.07) is 1.96. The van der Waals surface area contributed by atoms with Crippen LogP contribution in [-0.2, 0) is 11.2 Å². The van der Waals surface area contributed by atoms with Gasteiger partial charge in [0.15, 0.2) is 5.78 Å². The minimum atomic E-state index is -4.29. The van der Waals surface area contributed by atoms with E-state index in [0.717, 1.165) is 6.42 Å². The first kappa shape index (κ1) is 15.7. The summed E-state index contributed by atoms with van der Waals surface area (Å²) in [4.78, 5) is 11.5. The summed E-state index contributed by atoms with van der Waals surface area (Å²) in [7, 11) is 0. The third kappa shape index (κ3) is 5.87. The number of hydrogen-bond donors (Lipinski definition) is 1. The van der Waals surface area contributed by atoms with E-state index in [2.05, 4.69) is 10.4 Å². The van der Waals surface area contributed by atoms with Crippen LogP contribution in [-0.4, -0.2) is 34.8 Å². The molecule has 0 saturated carbocycles. The van der Waals surface area contributed by atoms with Crippen molar-refractivity contribution in [1.29, 1.82) is 0 Å². The van der Waals surface area contributed by atoms with Crippen LogP contribution in [0.25, 0.3) is 0 Å². The normalized spacial score (nSPS) is 13.5. The first-order valence-corrected chi connectivity index (χ1v) is 6.15. The quantitative estimate of drug-likeness (QED) is 0.830. The number of ketones is 1. The van der Waals surface area contributed by atoms with Gasteiger partial charge in [0.1, 0.15) is 0 Å². The lowest BCUT2D eigenvalue weighted by Crippen LogP contribution is -2.33. The molecule has 4 nitrogen and oxygen atoms in total. The van der Waals surface area contributed by atoms with Crippen LogP contribution in [0.1, 0.15) is 32.0 Å². The largest absolute Gasteiger partial charge is 0.401 e. The fraction of sp³-hybridized carbons (Fsp3) is 0.667. The summed E-state index contributed by atoms with van der Waals surface area (Å²) in [5, 5.41) is 6.30. The maximum absolute atomic E-state index is 11.9. The number of nitrogens with zero attached hydrogens (tertiary/aromatic N) is 2. The number of halogens is 3. The molecule has 0 spiro atoms. The Morgan fingerprint density at radius 2 is 2.21 bits per heavy atom. The molecule has 19 heavy (non-hydrogen) atoms. The first-order valence-electron chi connectivity index (χ1n) is 6.15. The van der Waals surface area contributed by atoms with Crippen LogP contribution in [0.4, 0.5) is 13.2 Å². The molecule has 7 heteroatoms. The molecular weight excluding hydrogens is 259 g/mol. The minimum absolute atomic E-state index is 0.0499. The van der Waals surface area contributed by atoms with E-state index in [0.29, 0.717) is 5.69 Å². The Bertz CT molecular complexity index is 415. The molecule has 0 amide bonds. The molecule has 1 N–H and O–H groups in total. The van der Waals surface area contributed by atoms with Gasteiger partial charge >= 0.3 is 6.18 Å². The van der Waals surface area contributed by atoms with Crippen molar-refractivity contribution in [3.05, 3.63) is 18.0 Å². The molecule has 1 atom stereocenters. The predicted molar refractivity (Wildman–Crippen MR) is 64.9 cm³/mol. The Morgan fingerprint density at radius 3 is 2.79 bits per heavy atom. The van der Waals surface area contributed by atoms with Gasteiger partial charge in [-0.25, -0.2) is 0 Å². The summed E-state index contributed by atoms with van der Waals surface area (Å²) in [6.07, 6.45) is -1.55. The molecule has 0 aliphatic rings. The van der Waals surface area contributed by atoms with Crippen molar-refractivity contribution in [3.8, 4) is 0 Å². The third-order valence-corrected chi connectivity index (χ3v) is 2.73. The Kier molecular flexibility index (Phi) is 5.53. The second-order valence-electron chi connectivity index (χ2n) is 4.48. The molecule has 1 aromatic heterocycles. The highest BCUT2D eigenvalue weighted by Crippen LogP contribution is 2.12.